The highest BCUT2D eigenvalue weighted by Gasteiger charge is 2.34. The molecule has 0 aliphatic carbocycles. The predicted octanol–water partition coefficient (Wildman–Crippen LogP) is 4.15. The molecule has 2 atom stereocenters. The van der Waals surface area contributed by atoms with E-state index >= 15 is 0 Å². The van der Waals surface area contributed by atoms with Crippen LogP contribution < -0.4 is 10.1 Å². The summed E-state index contributed by atoms with van der Waals surface area (Å²) in [6.45, 7) is 6.46. The zero-order chi connectivity index (χ0) is 20.9. The van der Waals surface area contributed by atoms with E-state index in [0.29, 0.717) is 12.5 Å². The normalized spacial score (nSPS) is 20.7. The fraction of sp³-hybridized carbons (Fsp3) is 0.375. The molecule has 2 aliphatic rings. The molecule has 0 bridgehead atoms. The van der Waals surface area contributed by atoms with Crippen molar-refractivity contribution >= 4 is 11.0 Å². The molecule has 2 aliphatic heterocycles. The predicted molar refractivity (Wildman–Crippen MR) is 117 cm³/mol. The van der Waals surface area contributed by atoms with Gasteiger partial charge in [-0.1, -0.05) is 11.2 Å². The summed E-state index contributed by atoms with van der Waals surface area (Å²) in [4.78, 5) is 9.79. The van der Waals surface area contributed by atoms with Crippen LogP contribution >= 0.6 is 0 Å². The van der Waals surface area contributed by atoms with Crippen LogP contribution in [0, 0.1) is 13.8 Å². The number of hydrogen-bond acceptors (Lipinski definition) is 6. The molecule has 5 heterocycles. The van der Waals surface area contributed by atoms with Crippen LogP contribution in [0.3, 0.4) is 0 Å². The lowest BCUT2D eigenvalue weighted by Gasteiger charge is -2.31. The molecular formula is C24H25N5O2. The number of aryl methyl sites for hydroxylation is 2. The van der Waals surface area contributed by atoms with Gasteiger partial charge >= 0.3 is 0 Å². The molecule has 1 N–H and O–H groups in total. The van der Waals surface area contributed by atoms with E-state index in [1.807, 2.05) is 32.2 Å². The number of aromatic nitrogens is 4. The van der Waals surface area contributed by atoms with Gasteiger partial charge in [0.2, 0.25) is 0 Å². The first-order valence-corrected chi connectivity index (χ1v) is 10.9. The van der Waals surface area contributed by atoms with Crippen LogP contribution in [0.15, 0.2) is 41.1 Å². The third kappa shape index (κ3) is 2.87. The topological polar surface area (TPSA) is 78.0 Å². The number of pyridine rings is 1. The number of piperidine rings is 1. The van der Waals surface area contributed by atoms with E-state index in [-0.39, 0.29) is 6.04 Å². The molecule has 31 heavy (non-hydrogen) atoms. The van der Waals surface area contributed by atoms with E-state index in [2.05, 4.69) is 38.2 Å². The largest absolute Gasteiger partial charge is 0.488 e. The third-order valence-corrected chi connectivity index (χ3v) is 6.52. The third-order valence-electron chi connectivity index (χ3n) is 6.52. The summed E-state index contributed by atoms with van der Waals surface area (Å²) in [5, 5.41) is 7.70. The lowest BCUT2D eigenvalue weighted by Crippen LogP contribution is -2.32. The summed E-state index contributed by atoms with van der Waals surface area (Å²) in [6, 6.07) is 10.2. The van der Waals surface area contributed by atoms with Crippen molar-refractivity contribution in [2.24, 2.45) is 0 Å². The van der Waals surface area contributed by atoms with Crippen LogP contribution in [0.2, 0.25) is 0 Å². The van der Waals surface area contributed by atoms with Gasteiger partial charge in [-0.05, 0) is 57.5 Å². The van der Waals surface area contributed by atoms with E-state index in [9.17, 15) is 0 Å². The SMILES string of the molecule is Cc1noc(C)c1-c1ccc2nc(C3CCCNC3)n3c2c1OC[C@@H]3c1ccccn1. The first kappa shape index (κ1) is 18.6. The second-order valence-electron chi connectivity index (χ2n) is 8.47. The Kier molecular flexibility index (Phi) is 4.31. The number of benzene rings is 1. The Morgan fingerprint density at radius 2 is 2.10 bits per heavy atom. The average Bonchev–Trinajstić information content (AvgIpc) is 3.37. The van der Waals surface area contributed by atoms with Gasteiger partial charge in [-0.25, -0.2) is 4.98 Å². The summed E-state index contributed by atoms with van der Waals surface area (Å²) in [7, 11) is 0. The van der Waals surface area contributed by atoms with Crippen molar-refractivity contribution in [3.05, 3.63) is 59.5 Å². The zero-order valence-corrected chi connectivity index (χ0v) is 17.8. The Morgan fingerprint density at radius 1 is 1.16 bits per heavy atom. The van der Waals surface area contributed by atoms with Crippen LogP contribution in [-0.4, -0.2) is 39.4 Å². The van der Waals surface area contributed by atoms with Crippen LogP contribution in [-0.2, 0) is 0 Å². The molecule has 4 aromatic rings. The highest BCUT2D eigenvalue weighted by Crippen LogP contribution is 2.45. The van der Waals surface area contributed by atoms with Gasteiger partial charge in [-0.2, -0.15) is 0 Å². The quantitative estimate of drug-likeness (QED) is 0.542. The van der Waals surface area contributed by atoms with Crippen LogP contribution in [0.4, 0.5) is 0 Å². The number of nitrogens with one attached hydrogen (secondary N) is 1. The average molecular weight is 415 g/mol. The van der Waals surface area contributed by atoms with Crippen molar-refractivity contribution in [1.29, 1.82) is 0 Å². The molecule has 0 spiro atoms. The summed E-state index contributed by atoms with van der Waals surface area (Å²) in [5.74, 6) is 3.16. The smallest absolute Gasteiger partial charge is 0.153 e. The molecule has 0 saturated carbocycles. The maximum absolute atomic E-state index is 6.44. The van der Waals surface area contributed by atoms with E-state index in [0.717, 1.165) is 76.8 Å². The molecule has 158 valence electrons. The molecule has 3 aromatic heterocycles. The minimum Gasteiger partial charge on any atom is -0.488 e. The molecule has 6 rings (SSSR count). The molecule has 7 nitrogen and oxygen atoms in total. The molecule has 0 amide bonds. The highest BCUT2D eigenvalue weighted by atomic mass is 16.5. The number of ether oxygens (including phenoxy) is 1. The number of imidazole rings is 1. The Labute approximate surface area is 180 Å². The van der Waals surface area contributed by atoms with Crippen molar-refractivity contribution in [3.63, 3.8) is 0 Å². The van der Waals surface area contributed by atoms with Crippen molar-refractivity contribution in [3.8, 4) is 16.9 Å². The van der Waals surface area contributed by atoms with E-state index in [4.69, 9.17) is 14.2 Å². The first-order valence-electron chi connectivity index (χ1n) is 10.9. The van der Waals surface area contributed by atoms with Gasteiger partial charge in [-0.3, -0.25) is 4.98 Å². The van der Waals surface area contributed by atoms with Crippen molar-refractivity contribution in [1.82, 2.24) is 25.0 Å². The maximum Gasteiger partial charge on any atom is 0.153 e. The van der Waals surface area contributed by atoms with E-state index in [1.54, 1.807) is 0 Å². The molecule has 1 unspecified atom stereocenters. The summed E-state index contributed by atoms with van der Waals surface area (Å²) in [6.07, 6.45) is 4.15. The van der Waals surface area contributed by atoms with E-state index in [1.165, 1.54) is 0 Å². The van der Waals surface area contributed by atoms with Gasteiger partial charge in [0, 0.05) is 24.2 Å². The Balaban J connectivity index is 1.62. The second kappa shape index (κ2) is 7.20. The monoisotopic (exact) mass is 415 g/mol. The molecule has 7 heteroatoms. The lowest BCUT2D eigenvalue weighted by atomic mass is 9.97. The van der Waals surface area contributed by atoms with Crippen LogP contribution in [0.5, 0.6) is 5.75 Å². The molecule has 1 aromatic carbocycles. The highest BCUT2D eigenvalue weighted by molar-refractivity contribution is 5.93. The number of hydrogen-bond donors (Lipinski definition) is 1. The first-order chi connectivity index (χ1) is 15.2. The Morgan fingerprint density at radius 3 is 2.84 bits per heavy atom. The Bertz CT molecular complexity index is 1230. The second-order valence-corrected chi connectivity index (χ2v) is 8.47. The van der Waals surface area contributed by atoms with Gasteiger partial charge < -0.3 is 19.1 Å². The van der Waals surface area contributed by atoms with Crippen molar-refractivity contribution in [2.45, 2.75) is 38.6 Å². The number of nitrogens with zero attached hydrogens (tertiary/aromatic N) is 4. The molecule has 0 radical (unpaired) electrons. The van der Waals surface area contributed by atoms with E-state index < -0.39 is 0 Å². The zero-order valence-electron chi connectivity index (χ0n) is 17.8. The summed E-state index contributed by atoms with van der Waals surface area (Å²) in [5.41, 5.74) is 5.89. The van der Waals surface area contributed by atoms with Gasteiger partial charge in [0.05, 0.1) is 22.5 Å². The van der Waals surface area contributed by atoms with Crippen LogP contribution in [0.25, 0.3) is 22.2 Å². The maximum atomic E-state index is 6.44. The standard InChI is InChI=1S/C24H25N5O2/c1-14-21(15(2)31-28-14)17-8-9-19-22-23(17)30-13-20(18-7-3-4-11-26-18)29(22)24(27-19)16-6-5-10-25-12-16/h3-4,7-9,11,16,20,25H,5-6,10,12-13H2,1-2H3/t16?,20-/m1/s1. The van der Waals surface area contributed by atoms with Crippen LogP contribution in [0.1, 0.15) is 47.8 Å². The summed E-state index contributed by atoms with van der Waals surface area (Å²) >= 11 is 0. The van der Waals surface area contributed by atoms with Crippen molar-refractivity contribution in [2.75, 3.05) is 19.7 Å². The molecular weight excluding hydrogens is 390 g/mol. The number of rotatable bonds is 3. The van der Waals surface area contributed by atoms with Gasteiger partial charge in [0.1, 0.15) is 29.8 Å². The van der Waals surface area contributed by atoms with Gasteiger partial charge in [0.25, 0.3) is 0 Å². The fourth-order valence-corrected chi connectivity index (χ4v) is 5.09. The minimum atomic E-state index is -0.00412. The van der Waals surface area contributed by atoms with Crippen molar-refractivity contribution < 1.29 is 9.26 Å². The van der Waals surface area contributed by atoms with Gasteiger partial charge in [0.15, 0.2) is 5.75 Å². The van der Waals surface area contributed by atoms with Gasteiger partial charge in [-0.15, -0.1) is 0 Å². The lowest BCUT2D eigenvalue weighted by molar-refractivity contribution is 0.251. The summed E-state index contributed by atoms with van der Waals surface area (Å²) < 4.78 is 14.3. The molecule has 1 saturated heterocycles. The minimum absolute atomic E-state index is 0.00412. The Hall–Kier alpha value is -3.19. The fourth-order valence-electron chi connectivity index (χ4n) is 5.09. The molecule has 1 fully saturated rings.